The minimum absolute atomic E-state index is 0.233. The van der Waals surface area contributed by atoms with Gasteiger partial charge in [-0.3, -0.25) is 0 Å². The zero-order valence-electron chi connectivity index (χ0n) is 16.5. The monoisotopic (exact) mass is 447 g/mol. The van der Waals surface area contributed by atoms with Crippen molar-refractivity contribution in [3.8, 4) is 5.75 Å². The van der Waals surface area contributed by atoms with Crippen LogP contribution in [0.3, 0.4) is 0 Å². The Morgan fingerprint density at radius 3 is 1.90 bits per heavy atom. The quantitative estimate of drug-likeness (QED) is 0.501. The van der Waals surface area contributed by atoms with Crippen LogP contribution in [0.1, 0.15) is 12.0 Å². The molecule has 2 unspecified atom stereocenters. The molecule has 1 fully saturated rings. The lowest BCUT2D eigenvalue weighted by Crippen LogP contribution is -2.42. The summed E-state index contributed by atoms with van der Waals surface area (Å²) in [6.45, 7) is 2.82. The first kappa shape index (κ1) is 23.1. The van der Waals surface area contributed by atoms with E-state index in [9.17, 15) is 26.3 Å². The van der Waals surface area contributed by atoms with Crippen LogP contribution < -0.4 is 20.7 Å². The highest BCUT2D eigenvalue weighted by Gasteiger charge is 2.31. The van der Waals surface area contributed by atoms with Crippen LogP contribution >= 0.6 is 0 Å². The summed E-state index contributed by atoms with van der Waals surface area (Å²) in [4.78, 5) is 0. The lowest BCUT2D eigenvalue weighted by Gasteiger charge is -2.33. The molecule has 1 aliphatic rings. The summed E-state index contributed by atoms with van der Waals surface area (Å²) in [5.74, 6) is 0.240. The van der Waals surface area contributed by atoms with Crippen molar-refractivity contribution in [2.24, 2.45) is 11.8 Å². The molecule has 0 spiro atoms. The fourth-order valence-corrected chi connectivity index (χ4v) is 3.53. The molecule has 2 atom stereocenters. The average Bonchev–Trinajstić information content (AvgIpc) is 2.71. The Bertz CT molecular complexity index is 821. The average molecular weight is 447 g/mol. The molecule has 1 saturated heterocycles. The van der Waals surface area contributed by atoms with E-state index in [4.69, 9.17) is 0 Å². The lowest BCUT2D eigenvalue weighted by atomic mass is 9.86. The van der Waals surface area contributed by atoms with Crippen molar-refractivity contribution < 1.29 is 31.1 Å². The summed E-state index contributed by atoms with van der Waals surface area (Å²) >= 11 is 0. The Hall–Kier alpha value is -2.62. The van der Waals surface area contributed by atoms with Crippen LogP contribution in [0.5, 0.6) is 5.75 Å². The van der Waals surface area contributed by atoms with Gasteiger partial charge in [-0.25, -0.2) is 0 Å². The second-order valence-corrected chi connectivity index (χ2v) is 7.42. The first-order chi connectivity index (χ1) is 14.6. The third kappa shape index (κ3) is 7.23. The van der Waals surface area contributed by atoms with E-state index in [2.05, 4.69) is 20.7 Å². The van der Waals surface area contributed by atoms with E-state index < -0.39 is 18.1 Å². The van der Waals surface area contributed by atoms with Crippen molar-refractivity contribution >= 4 is 11.4 Å². The van der Waals surface area contributed by atoms with E-state index in [-0.39, 0.29) is 17.6 Å². The van der Waals surface area contributed by atoms with Gasteiger partial charge in [0, 0.05) is 24.5 Å². The molecule has 0 bridgehead atoms. The second kappa shape index (κ2) is 9.67. The standard InChI is InChI=1S/C21H23F6N3O/c22-20(23,24)16-1-3-17(4-2-16)30-13-15-11-28-10-9-14(15)12-29-18-5-7-19(8-6-18)31-21(25,26)27/h1-8,14-15,28-30H,9-13H2. The number of ether oxygens (including phenoxy) is 1. The van der Waals surface area contributed by atoms with Gasteiger partial charge in [-0.15, -0.1) is 13.2 Å². The van der Waals surface area contributed by atoms with Crippen LogP contribution in [0.15, 0.2) is 48.5 Å². The molecule has 0 radical (unpaired) electrons. The fraction of sp³-hybridized carbons (Fsp3) is 0.429. The Morgan fingerprint density at radius 1 is 0.806 bits per heavy atom. The minimum atomic E-state index is -4.72. The van der Waals surface area contributed by atoms with Gasteiger partial charge in [-0.1, -0.05) is 0 Å². The number of piperidine rings is 1. The zero-order chi connectivity index (χ0) is 22.5. The number of nitrogens with one attached hydrogen (secondary N) is 3. The smallest absolute Gasteiger partial charge is 0.406 e. The van der Waals surface area contributed by atoms with Crippen LogP contribution in [-0.2, 0) is 6.18 Å². The molecule has 3 rings (SSSR count). The van der Waals surface area contributed by atoms with Crippen LogP contribution in [0.4, 0.5) is 37.7 Å². The van der Waals surface area contributed by atoms with E-state index in [1.165, 1.54) is 36.4 Å². The number of alkyl halides is 6. The number of halogens is 6. The third-order valence-corrected chi connectivity index (χ3v) is 5.20. The molecule has 1 heterocycles. The highest BCUT2D eigenvalue weighted by molar-refractivity contribution is 5.47. The van der Waals surface area contributed by atoms with E-state index >= 15 is 0 Å². The topological polar surface area (TPSA) is 45.3 Å². The van der Waals surface area contributed by atoms with Crippen molar-refractivity contribution in [1.29, 1.82) is 0 Å². The molecule has 10 heteroatoms. The Balaban J connectivity index is 1.51. The van der Waals surface area contributed by atoms with Gasteiger partial charge >= 0.3 is 12.5 Å². The maximum atomic E-state index is 12.7. The summed E-state index contributed by atoms with van der Waals surface area (Å²) < 4.78 is 78.6. The highest BCUT2D eigenvalue weighted by atomic mass is 19.4. The molecule has 0 aliphatic carbocycles. The third-order valence-electron chi connectivity index (χ3n) is 5.20. The molecule has 3 N–H and O–H groups in total. The molecule has 0 saturated carbocycles. The molecular formula is C21H23F6N3O. The minimum Gasteiger partial charge on any atom is -0.406 e. The summed E-state index contributed by atoms with van der Waals surface area (Å²) in [5.41, 5.74) is 0.610. The highest BCUT2D eigenvalue weighted by Crippen LogP contribution is 2.30. The van der Waals surface area contributed by atoms with Gasteiger partial charge in [-0.05, 0) is 79.9 Å². The second-order valence-electron chi connectivity index (χ2n) is 7.42. The van der Waals surface area contributed by atoms with Gasteiger partial charge in [-0.2, -0.15) is 13.2 Å². The SMILES string of the molecule is FC(F)(F)Oc1ccc(NCC2CCNCC2CNc2ccc(C(F)(F)F)cc2)cc1. The van der Waals surface area contributed by atoms with Gasteiger partial charge in [0.25, 0.3) is 0 Å². The molecule has 170 valence electrons. The van der Waals surface area contributed by atoms with Crippen LogP contribution in [0, 0.1) is 11.8 Å². The van der Waals surface area contributed by atoms with Crippen molar-refractivity contribution in [2.45, 2.75) is 19.0 Å². The van der Waals surface area contributed by atoms with Crippen LogP contribution in [0.25, 0.3) is 0 Å². The van der Waals surface area contributed by atoms with E-state index in [0.717, 1.165) is 31.6 Å². The molecule has 1 aliphatic heterocycles. The van der Waals surface area contributed by atoms with Crippen LogP contribution in [-0.4, -0.2) is 32.5 Å². The predicted molar refractivity (Wildman–Crippen MR) is 106 cm³/mol. The maximum absolute atomic E-state index is 12.7. The number of rotatable bonds is 7. The molecular weight excluding hydrogens is 424 g/mol. The van der Waals surface area contributed by atoms with Crippen molar-refractivity contribution in [1.82, 2.24) is 5.32 Å². The van der Waals surface area contributed by atoms with Crippen molar-refractivity contribution in [3.63, 3.8) is 0 Å². The number of hydrogen-bond acceptors (Lipinski definition) is 4. The number of anilines is 2. The molecule has 2 aromatic rings. The Morgan fingerprint density at radius 2 is 1.35 bits per heavy atom. The first-order valence-corrected chi connectivity index (χ1v) is 9.82. The Labute approximate surface area is 176 Å². The zero-order valence-corrected chi connectivity index (χ0v) is 16.5. The lowest BCUT2D eigenvalue weighted by molar-refractivity contribution is -0.274. The summed E-state index contributed by atoms with van der Waals surface area (Å²) in [7, 11) is 0. The largest absolute Gasteiger partial charge is 0.573 e. The van der Waals surface area contributed by atoms with E-state index in [1.807, 2.05) is 0 Å². The van der Waals surface area contributed by atoms with E-state index in [1.54, 1.807) is 0 Å². The maximum Gasteiger partial charge on any atom is 0.573 e. The van der Waals surface area contributed by atoms with Gasteiger partial charge < -0.3 is 20.7 Å². The predicted octanol–water partition coefficient (Wildman–Crippen LogP) is 5.35. The van der Waals surface area contributed by atoms with Gasteiger partial charge in [0.2, 0.25) is 0 Å². The summed E-state index contributed by atoms with van der Waals surface area (Å²) in [5, 5.41) is 9.75. The molecule has 2 aromatic carbocycles. The fourth-order valence-electron chi connectivity index (χ4n) is 3.53. The first-order valence-electron chi connectivity index (χ1n) is 9.82. The molecule has 4 nitrogen and oxygen atoms in total. The van der Waals surface area contributed by atoms with Gasteiger partial charge in [0.05, 0.1) is 5.56 Å². The molecule has 0 aromatic heterocycles. The molecule has 31 heavy (non-hydrogen) atoms. The van der Waals surface area contributed by atoms with Crippen LogP contribution in [0.2, 0.25) is 0 Å². The molecule has 0 amide bonds. The van der Waals surface area contributed by atoms with Crippen molar-refractivity contribution in [2.75, 3.05) is 36.8 Å². The normalized spacial score (nSPS) is 19.7. The Kier molecular flexibility index (Phi) is 7.19. The van der Waals surface area contributed by atoms with Crippen molar-refractivity contribution in [3.05, 3.63) is 54.1 Å². The summed E-state index contributed by atoms with van der Waals surface area (Å²) in [6, 6.07) is 10.5. The number of hydrogen-bond donors (Lipinski definition) is 3. The number of benzene rings is 2. The van der Waals surface area contributed by atoms with Gasteiger partial charge in [0.1, 0.15) is 5.75 Å². The summed E-state index contributed by atoms with van der Waals surface area (Å²) in [6.07, 6.45) is -8.18. The van der Waals surface area contributed by atoms with Gasteiger partial charge in [0.15, 0.2) is 0 Å². The van der Waals surface area contributed by atoms with E-state index in [0.29, 0.717) is 24.5 Å².